The van der Waals surface area contributed by atoms with E-state index in [4.69, 9.17) is 4.74 Å². The van der Waals surface area contributed by atoms with Crippen LogP contribution in [-0.4, -0.2) is 81.5 Å². The maximum absolute atomic E-state index is 12.6. The summed E-state index contributed by atoms with van der Waals surface area (Å²) >= 11 is 0. The molecular formula is C18H35F3N4O. The third-order valence-corrected chi connectivity index (χ3v) is 4.86. The highest BCUT2D eigenvalue weighted by atomic mass is 19.4. The third-order valence-electron chi connectivity index (χ3n) is 4.86. The Kier molecular flexibility index (Phi) is 8.66. The number of nitrogens with one attached hydrogen (secondary N) is 1. The molecule has 5 nitrogen and oxygen atoms in total. The van der Waals surface area contributed by atoms with E-state index in [1.807, 2.05) is 0 Å². The second kappa shape index (κ2) is 9.78. The van der Waals surface area contributed by atoms with Crippen molar-refractivity contribution in [2.75, 3.05) is 53.4 Å². The van der Waals surface area contributed by atoms with Crippen LogP contribution < -0.4 is 5.32 Å². The van der Waals surface area contributed by atoms with Crippen molar-refractivity contribution in [3.05, 3.63) is 0 Å². The summed E-state index contributed by atoms with van der Waals surface area (Å²) in [6.07, 6.45) is -3.23. The number of nitrogens with zero attached hydrogens (tertiary/aromatic N) is 3. The fraction of sp³-hybridized carbons (Fsp3) is 0.944. The van der Waals surface area contributed by atoms with E-state index in [0.717, 1.165) is 25.5 Å². The number of hydrogen-bond donors (Lipinski definition) is 1. The topological polar surface area (TPSA) is 40.1 Å². The van der Waals surface area contributed by atoms with Crippen LogP contribution in [0.1, 0.15) is 34.1 Å². The Morgan fingerprint density at radius 2 is 2.00 bits per heavy atom. The van der Waals surface area contributed by atoms with Gasteiger partial charge in [-0.15, -0.1) is 0 Å². The van der Waals surface area contributed by atoms with Crippen molar-refractivity contribution in [3.63, 3.8) is 0 Å². The van der Waals surface area contributed by atoms with Crippen LogP contribution in [0.2, 0.25) is 0 Å². The van der Waals surface area contributed by atoms with Crippen LogP contribution in [0.3, 0.4) is 0 Å². The lowest BCUT2D eigenvalue weighted by molar-refractivity contribution is -0.146. The minimum absolute atomic E-state index is 0.00731. The van der Waals surface area contributed by atoms with Crippen molar-refractivity contribution in [2.24, 2.45) is 16.3 Å². The van der Waals surface area contributed by atoms with E-state index in [0.29, 0.717) is 19.6 Å². The molecule has 0 spiro atoms. The Balaban J connectivity index is 2.55. The predicted octanol–water partition coefficient (Wildman–Crippen LogP) is 2.83. The molecule has 1 saturated heterocycles. The molecule has 0 saturated carbocycles. The van der Waals surface area contributed by atoms with Gasteiger partial charge in [0.05, 0.1) is 12.6 Å². The van der Waals surface area contributed by atoms with Crippen LogP contribution in [0, 0.1) is 11.3 Å². The van der Waals surface area contributed by atoms with Crippen molar-refractivity contribution >= 4 is 5.96 Å². The molecule has 2 unspecified atom stereocenters. The third kappa shape index (κ3) is 7.70. The first-order valence-corrected chi connectivity index (χ1v) is 9.27. The van der Waals surface area contributed by atoms with Gasteiger partial charge in [-0.2, -0.15) is 13.2 Å². The number of ether oxygens (including phenoxy) is 1. The average molecular weight is 380 g/mol. The Morgan fingerprint density at radius 1 is 1.35 bits per heavy atom. The van der Waals surface area contributed by atoms with Gasteiger partial charge in [0.25, 0.3) is 0 Å². The predicted molar refractivity (Wildman–Crippen MR) is 99.5 cm³/mol. The summed E-state index contributed by atoms with van der Waals surface area (Å²) in [6, 6.07) is 0. The number of likely N-dealkylation sites (tertiary alicyclic amines) is 1. The standard InChI is InChI=1S/C18H35F3N4O/c1-7-24(13-18(19,20)21)11-14-8-9-25(12-14)16(22-5)23-10-15(26-6)17(2,3)4/h14-15H,7-13H2,1-6H3,(H,22,23). The maximum atomic E-state index is 12.6. The molecule has 0 aromatic heterocycles. The molecule has 1 aliphatic heterocycles. The van der Waals surface area contributed by atoms with Crippen LogP contribution in [0.4, 0.5) is 13.2 Å². The van der Waals surface area contributed by atoms with E-state index in [1.165, 1.54) is 4.90 Å². The molecule has 8 heteroatoms. The molecule has 0 amide bonds. The number of aliphatic imine (C=N–C) groups is 1. The van der Waals surface area contributed by atoms with Gasteiger partial charge in [0.15, 0.2) is 5.96 Å². The minimum Gasteiger partial charge on any atom is -0.379 e. The molecule has 0 radical (unpaired) electrons. The van der Waals surface area contributed by atoms with Crippen LogP contribution >= 0.6 is 0 Å². The summed E-state index contributed by atoms with van der Waals surface area (Å²) in [6.45, 7) is 10.3. The van der Waals surface area contributed by atoms with Gasteiger partial charge < -0.3 is 15.0 Å². The first kappa shape index (κ1) is 23.0. The van der Waals surface area contributed by atoms with Gasteiger partial charge >= 0.3 is 6.18 Å². The zero-order valence-electron chi connectivity index (χ0n) is 17.0. The first-order valence-electron chi connectivity index (χ1n) is 9.27. The normalized spacial score (nSPS) is 20.8. The number of alkyl halides is 3. The average Bonchev–Trinajstić information content (AvgIpc) is 2.96. The summed E-state index contributed by atoms with van der Waals surface area (Å²) in [5.74, 6) is 1.01. The van der Waals surface area contributed by atoms with E-state index in [9.17, 15) is 13.2 Å². The van der Waals surface area contributed by atoms with E-state index in [-0.39, 0.29) is 17.4 Å². The highest BCUT2D eigenvalue weighted by Crippen LogP contribution is 2.23. The van der Waals surface area contributed by atoms with Gasteiger partial charge in [-0.05, 0) is 24.3 Å². The molecule has 0 bridgehead atoms. The van der Waals surface area contributed by atoms with Crippen LogP contribution in [-0.2, 0) is 4.74 Å². The van der Waals surface area contributed by atoms with Crippen molar-refractivity contribution in [2.45, 2.75) is 46.4 Å². The summed E-state index contributed by atoms with van der Waals surface area (Å²) < 4.78 is 43.5. The molecule has 1 rings (SSSR count). The quantitative estimate of drug-likeness (QED) is 0.545. The Hall–Kier alpha value is -1.02. The number of halogens is 3. The van der Waals surface area contributed by atoms with Crippen LogP contribution in [0.5, 0.6) is 0 Å². The van der Waals surface area contributed by atoms with Gasteiger partial charge in [-0.1, -0.05) is 27.7 Å². The largest absolute Gasteiger partial charge is 0.401 e. The van der Waals surface area contributed by atoms with Gasteiger partial charge in [0, 0.05) is 40.3 Å². The van der Waals surface area contributed by atoms with E-state index in [2.05, 4.69) is 36.0 Å². The fourth-order valence-corrected chi connectivity index (χ4v) is 3.36. The first-order chi connectivity index (χ1) is 12.0. The zero-order chi connectivity index (χ0) is 20.0. The summed E-state index contributed by atoms with van der Waals surface area (Å²) in [7, 11) is 3.43. The smallest absolute Gasteiger partial charge is 0.379 e. The van der Waals surface area contributed by atoms with Crippen LogP contribution in [0.25, 0.3) is 0 Å². The molecule has 1 heterocycles. The molecule has 0 aromatic carbocycles. The highest BCUT2D eigenvalue weighted by molar-refractivity contribution is 5.80. The van der Waals surface area contributed by atoms with Gasteiger partial charge in [0.1, 0.15) is 0 Å². The monoisotopic (exact) mass is 380 g/mol. The highest BCUT2D eigenvalue weighted by Gasteiger charge is 2.33. The van der Waals surface area contributed by atoms with Gasteiger partial charge in [0.2, 0.25) is 0 Å². The molecule has 0 aliphatic carbocycles. The van der Waals surface area contributed by atoms with E-state index < -0.39 is 12.7 Å². The second-order valence-electron chi connectivity index (χ2n) is 8.06. The van der Waals surface area contributed by atoms with Crippen molar-refractivity contribution < 1.29 is 17.9 Å². The number of guanidine groups is 1. The minimum atomic E-state index is -4.14. The Labute approximate surface area is 156 Å². The molecule has 2 atom stereocenters. The SMILES string of the molecule is CCN(CC1CCN(C(=NC)NCC(OC)C(C)(C)C)C1)CC(F)(F)F. The summed E-state index contributed by atoms with van der Waals surface area (Å²) in [5, 5.41) is 3.35. The summed E-state index contributed by atoms with van der Waals surface area (Å²) in [4.78, 5) is 7.94. The van der Waals surface area contributed by atoms with Gasteiger partial charge in [-0.3, -0.25) is 9.89 Å². The molecule has 1 fully saturated rings. The second-order valence-corrected chi connectivity index (χ2v) is 8.06. The summed E-state index contributed by atoms with van der Waals surface area (Å²) in [5.41, 5.74) is 0.00731. The maximum Gasteiger partial charge on any atom is 0.401 e. The van der Waals surface area contributed by atoms with E-state index >= 15 is 0 Å². The van der Waals surface area contributed by atoms with Crippen LogP contribution in [0.15, 0.2) is 4.99 Å². The number of hydrogen-bond acceptors (Lipinski definition) is 3. The van der Waals surface area contributed by atoms with Gasteiger partial charge in [-0.25, -0.2) is 0 Å². The van der Waals surface area contributed by atoms with Crippen molar-refractivity contribution in [3.8, 4) is 0 Å². The van der Waals surface area contributed by atoms with Crippen molar-refractivity contribution in [1.29, 1.82) is 0 Å². The Morgan fingerprint density at radius 3 is 2.46 bits per heavy atom. The number of methoxy groups -OCH3 is 1. The van der Waals surface area contributed by atoms with Crippen molar-refractivity contribution in [1.82, 2.24) is 15.1 Å². The molecule has 1 aliphatic rings. The molecule has 0 aromatic rings. The molecule has 154 valence electrons. The lowest BCUT2D eigenvalue weighted by Crippen LogP contribution is -2.46. The molecular weight excluding hydrogens is 345 g/mol. The lowest BCUT2D eigenvalue weighted by atomic mass is 9.89. The molecule has 1 N–H and O–H groups in total. The Bertz CT molecular complexity index is 449. The molecule has 26 heavy (non-hydrogen) atoms. The number of rotatable bonds is 7. The zero-order valence-corrected chi connectivity index (χ0v) is 17.0. The van der Waals surface area contributed by atoms with E-state index in [1.54, 1.807) is 21.1 Å². The fourth-order valence-electron chi connectivity index (χ4n) is 3.36. The lowest BCUT2D eigenvalue weighted by Gasteiger charge is -2.31.